The molecular formula is C32H36N2O4S. The molecule has 3 aromatic carbocycles. The van der Waals surface area contributed by atoms with E-state index < -0.39 is 0 Å². The van der Waals surface area contributed by atoms with E-state index in [0.29, 0.717) is 43.1 Å². The molecule has 7 heteroatoms. The molecule has 6 nitrogen and oxygen atoms in total. The number of hydrogen-bond donors (Lipinski definition) is 0. The van der Waals surface area contributed by atoms with Gasteiger partial charge in [-0.25, -0.2) is 0 Å². The first kappa shape index (κ1) is 28.2. The molecule has 4 rings (SSSR count). The Kier molecular flexibility index (Phi) is 9.97. The van der Waals surface area contributed by atoms with Crippen molar-refractivity contribution in [3.63, 3.8) is 0 Å². The predicted molar refractivity (Wildman–Crippen MR) is 158 cm³/mol. The third-order valence-electron chi connectivity index (χ3n) is 6.79. The lowest BCUT2D eigenvalue weighted by atomic mass is 10.1. The van der Waals surface area contributed by atoms with E-state index in [0.717, 1.165) is 34.1 Å². The number of fused-ring (bicyclic) bond motifs is 1. The van der Waals surface area contributed by atoms with E-state index in [2.05, 4.69) is 6.92 Å². The average molecular weight is 545 g/mol. The predicted octanol–water partition coefficient (Wildman–Crippen LogP) is 6.43. The van der Waals surface area contributed by atoms with Crippen molar-refractivity contribution < 1.29 is 19.1 Å². The topological polar surface area (TPSA) is 59.1 Å². The van der Waals surface area contributed by atoms with Crippen LogP contribution in [0, 0.1) is 0 Å². The highest BCUT2D eigenvalue weighted by Crippen LogP contribution is 2.28. The highest BCUT2D eigenvalue weighted by Gasteiger charge is 2.23. The Balaban J connectivity index is 1.52. The van der Waals surface area contributed by atoms with E-state index in [4.69, 9.17) is 9.47 Å². The minimum atomic E-state index is -0.112. The fraction of sp³-hybridized carbons (Fsp3) is 0.312. The molecule has 0 fully saturated rings. The summed E-state index contributed by atoms with van der Waals surface area (Å²) in [5.41, 5.74) is 1.65. The van der Waals surface area contributed by atoms with E-state index in [9.17, 15) is 9.59 Å². The number of carbonyl (C=O) groups excluding carboxylic acids is 2. The summed E-state index contributed by atoms with van der Waals surface area (Å²) in [6, 6.07) is 23.6. The smallest absolute Gasteiger partial charge is 0.254 e. The number of ether oxygens (including phenoxy) is 2. The summed E-state index contributed by atoms with van der Waals surface area (Å²) in [5.74, 6) is 1.16. The van der Waals surface area contributed by atoms with Gasteiger partial charge in [-0.05, 0) is 64.9 Å². The number of nitrogens with zero attached hydrogens (tertiary/aromatic N) is 2. The lowest BCUT2D eigenvalue weighted by Gasteiger charge is -2.28. The maximum atomic E-state index is 13.7. The summed E-state index contributed by atoms with van der Waals surface area (Å²) < 4.78 is 10.8. The van der Waals surface area contributed by atoms with Crippen molar-refractivity contribution in [2.75, 3.05) is 33.9 Å². The van der Waals surface area contributed by atoms with Gasteiger partial charge in [-0.2, -0.15) is 0 Å². The van der Waals surface area contributed by atoms with Crippen molar-refractivity contribution in [1.82, 2.24) is 9.80 Å². The Morgan fingerprint density at radius 2 is 1.62 bits per heavy atom. The molecule has 0 atom stereocenters. The fourth-order valence-corrected chi connectivity index (χ4v) is 5.27. The average Bonchev–Trinajstić information content (AvgIpc) is 3.49. The summed E-state index contributed by atoms with van der Waals surface area (Å²) in [4.78, 5) is 32.0. The van der Waals surface area contributed by atoms with E-state index in [1.807, 2.05) is 83.1 Å². The molecule has 1 aromatic heterocycles. The SMILES string of the molecule is CCCCN(CC(=O)N(CCc1ccc(OC)c(OC)c1)Cc1cccs1)C(=O)c1ccc2ccccc2c1. The van der Waals surface area contributed by atoms with Crippen molar-refractivity contribution in [3.8, 4) is 11.5 Å². The zero-order valence-electron chi connectivity index (χ0n) is 22.9. The van der Waals surface area contributed by atoms with E-state index in [-0.39, 0.29) is 18.4 Å². The molecule has 0 aliphatic carbocycles. The summed E-state index contributed by atoms with van der Waals surface area (Å²) in [6.07, 6.45) is 2.43. The van der Waals surface area contributed by atoms with Crippen molar-refractivity contribution >= 4 is 33.9 Å². The Bertz CT molecular complexity index is 1390. The van der Waals surface area contributed by atoms with Crippen LogP contribution in [0.25, 0.3) is 10.8 Å². The standard InChI is InChI=1S/C32H36N2O4S/c1-4-5-17-34(32(36)27-14-13-25-9-6-7-10-26(25)21-27)23-31(35)33(22-28-11-8-19-39-28)18-16-24-12-15-29(37-2)30(20-24)38-3/h6-15,19-21H,4-5,16-18,22-23H2,1-3H3. The van der Waals surface area contributed by atoms with Crippen molar-refractivity contribution in [2.24, 2.45) is 0 Å². The molecule has 0 bridgehead atoms. The molecule has 0 unspecified atom stereocenters. The van der Waals surface area contributed by atoms with E-state index in [1.54, 1.807) is 30.5 Å². The molecule has 0 saturated carbocycles. The van der Waals surface area contributed by atoms with Gasteiger partial charge < -0.3 is 19.3 Å². The Morgan fingerprint density at radius 1 is 0.821 bits per heavy atom. The number of unbranched alkanes of at least 4 members (excludes halogenated alkanes) is 1. The van der Waals surface area contributed by atoms with E-state index in [1.165, 1.54) is 0 Å². The monoisotopic (exact) mass is 544 g/mol. The second-order valence-corrected chi connectivity index (χ2v) is 10.5. The third kappa shape index (κ3) is 7.39. The summed E-state index contributed by atoms with van der Waals surface area (Å²) >= 11 is 1.63. The first-order valence-corrected chi connectivity index (χ1v) is 14.2. The maximum Gasteiger partial charge on any atom is 0.254 e. The van der Waals surface area contributed by atoms with Crippen LogP contribution < -0.4 is 9.47 Å². The summed E-state index contributed by atoms with van der Waals surface area (Å²) in [5, 5.41) is 4.12. The van der Waals surface area contributed by atoms with Gasteiger partial charge in [-0.15, -0.1) is 11.3 Å². The maximum absolute atomic E-state index is 13.7. The summed E-state index contributed by atoms with van der Waals surface area (Å²) in [7, 11) is 3.23. The lowest BCUT2D eigenvalue weighted by molar-refractivity contribution is -0.132. The van der Waals surface area contributed by atoms with Gasteiger partial charge in [0.05, 0.1) is 20.8 Å². The fourth-order valence-electron chi connectivity index (χ4n) is 4.55. The van der Waals surface area contributed by atoms with Gasteiger partial charge in [-0.1, -0.05) is 55.8 Å². The summed E-state index contributed by atoms with van der Waals surface area (Å²) in [6.45, 7) is 3.71. The molecule has 39 heavy (non-hydrogen) atoms. The number of benzene rings is 3. The van der Waals surface area contributed by atoms with Crippen molar-refractivity contribution in [3.05, 3.63) is 94.2 Å². The number of amides is 2. The molecule has 0 radical (unpaired) electrons. The second-order valence-electron chi connectivity index (χ2n) is 9.48. The zero-order valence-corrected chi connectivity index (χ0v) is 23.7. The van der Waals surface area contributed by atoms with E-state index >= 15 is 0 Å². The number of thiophene rings is 1. The number of methoxy groups -OCH3 is 2. The Labute approximate surface area is 234 Å². The normalized spacial score (nSPS) is 10.8. The van der Waals surface area contributed by atoms with Crippen LogP contribution in [0.15, 0.2) is 78.2 Å². The van der Waals surface area contributed by atoms with Crippen LogP contribution in [0.2, 0.25) is 0 Å². The van der Waals surface area contributed by atoms with Crippen LogP contribution in [0.1, 0.15) is 40.6 Å². The van der Waals surface area contributed by atoms with Crippen LogP contribution in [0.3, 0.4) is 0 Å². The molecule has 4 aromatic rings. The highest BCUT2D eigenvalue weighted by molar-refractivity contribution is 7.09. The van der Waals surface area contributed by atoms with Gasteiger partial charge in [0.15, 0.2) is 11.5 Å². The lowest BCUT2D eigenvalue weighted by Crippen LogP contribution is -2.43. The molecule has 0 aliphatic heterocycles. The van der Waals surface area contributed by atoms with Gasteiger partial charge in [0.1, 0.15) is 6.54 Å². The second kappa shape index (κ2) is 13.8. The third-order valence-corrected chi connectivity index (χ3v) is 7.65. The van der Waals surface area contributed by atoms with Crippen LogP contribution in [0.5, 0.6) is 11.5 Å². The molecule has 2 amide bonds. The first-order chi connectivity index (χ1) is 19.0. The molecule has 0 aliphatic rings. The first-order valence-electron chi connectivity index (χ1n) is 13.3. The van der Waals surface area contributed by atoms with Gasteiger partial charge in [-0.3, -0.25) is 9.59 Å². The van der Waals surface area contributed by atoms with Crippen LogP contribution in [0.4, 0.5) is 0 Å². The van der Waals surface area contributed by atoms with Crippen LogP contribution in [-0.2, 0) is 17.8 Å². The molecule has 0 saturated heterocycles. The number of hydrogen-bond acceptors (Lipinski definition) is 5. The molecule has 204 valence electrons. The Morgan fingerprint density at radius 3 is 2.33 bits per heavy atom. The minimum Gasteiger partial charge on any atom is -0.493 e. The molecule has 0 N–H and O–H groups in total. The van der Waals surface area contributed by atoms with Crippen LogP contribution in [-0.4, -0.2) is 55.5 Å². The van der Waals surface area contributed by atoms with Crippen LogP contribution >= 0.6 is 11.3 Å². The van der Waals surface area contributed by atoms with Gasteiger partial charge in [0, 0.05) is 23.5 Å². The zero-order chi connectivity index (χ0) is 27.6. The largest absolute Gasteiger partial charge is 0.493 e. The van der Waals surface area contributed by atoms with Gasteiger partial charge >= 0.3 is 0 Å². The number of carbonyl (C=O) groups is 2. The Hall–Kier alpha value is -3.84. The minimum absolute atomic E-state index is 0.0446. The quantitative estimate of drug-likeness (QED) is 0.195. The van der Waals surface area contributed by atoms with Crippen molar-refractivity contribution in [2.45, 2.75) is 32.7 Å². The van der Waals surface area contributed by atoms with Crippen molar-refractivity contribution in [1.29, 1.82) is 0 Å². The van der Waals surface area contributed by atoms with Gasteiger partial charge in [0.25, 0.3) is 5.91 Å². The molecule has 1 heterocycles. The van der Waals surface area contributed by atoms with Gasteiger partial charge in [0.2, 0.25) is 5.91 Å². The number of rotatable bonds is 13. The molecular weight excluding hydrogens is 508 g/mol. The highest BCUT2D eigenvalue weighted by atomic mass is 32.1. The molecule has 0 spiro atoms.